The highest BCUT2D eigenvalue weighted by Gasteiger charge is 2.20. The third-order valence-corrected chi connectivity index (χ3v) is 4.09. The summed E-state index contributed by atoms with van der Waals surface area (Å²) in [5, 5.41) is 0.737. The number of esters is 1. The first-order valence-corrected chi connectivity index (χ1v) is 7.45. The molecule has 0 saturated heterocycles. The van der Waals surface area contributed by atoms with Crippen LogP contribution in [0, 0.1) is 5.92 Å². The number of hydrogen-bond acceptors (Lipinski definition) is 3. The number of carbonyl (C=O) groups excluding carboxylic acids is 2. The molecule has 0 aromatic heterocycles. The van der Waals surface area contributed by atoms with Crippen LogP contribution in [-0.2, 0) is 9.53 Å². The van der Waals surface area contributed by atoms with E-state index < -0.39 is 0 Å². The van der Waals surface area contributed by atoms with E-state index in [4.69, 9.17) is 27.9 Å². The molecule has 0 atom stereocenters. The second-order valence-electron chi connectivity index (χ2n) is 5.06. The first-order valence-electron chi connectivity index (χ1n) is 6.70. The topological polar surface area (TPSA) is 43.4 Å². The number of hydrogen-bond donors (Lipinski definition) is 0. The summed E-state index contributed by atoms with van der Waals surface area (Å²) in [5.41, 5.74) is 0.285. The largest absolute Gasteiger partial charge is 0.457 e. The molecule has 0 aliphatic heterocycles. The van der Waals surface area contributed by atoms with Gasteiger partial charge in [-0.2, -0.15) is 0 Å². The molecular weight excluding hydrogens is 299 g/mol. The smallest absolute Gasteiger partial charge is 0.306 e. The standard InChI is InChI=1S/C15H16Cl2O3/c16-11-5-6-13(17)12(8-11)14(18)9-20-15(19)7-10-3-1-2-4-10/h5-6,8,10H,1-4,7,9H2. The number of rotatable bonds is 5. The van der Waals surface area contributed by atoms with E-state index in [0.717, 1.165) is 12.8 Å². The van der Waals surface area contributed by atoms with Gasteiger partial charge in [0.2, 0.25) is 5.78 Å². The van der Waals surface area contributed by atoms with Crippen molar-refractivity contribution in [2.75, 3.05) is 6.61 Å². The van der Waals surface area contributed by atoms with Crippen LogP contribution in [0.3, 0.4) is 0 Å². The van der Waals surface area contributed by atoms with Crippen LogP contribution in [-0.4, -0.2) is 18.4 Å². The van der Waals surface area contributed by atoms with Gasteiger partial charge in [0.25, 0.3) is 0 Å². The normalized spacial score (nSPS) is 15.3. The summed E-state index contributed by atoms with van der Waals surface area (Å²) in [6, 6.07) is 4.64. The van der Waals surface area contributed by atoms with E-state index in [0.29, 0.717) is 22.4 Å². The van der Waals surface area contributed by atoms with Crippen molar-refractivity contribution in [1.82, 2.24) is 0 Å². The van der Waals surface area contributed by atoms with Crippen LogP contribution >= 0.6 is 23.2 Å². The first-order chi connectivity index (χ1) is 9.56. The second kappa shape index (κ2) is 7.09. The summed E-state index contributed by atoms with van der Waals surface area (Å²) >= 11 is 11.7. The van der Waals surface area contributed by atoms with Crippen LogP contribution in [0.25, 0.3) is 0 Å². The zero-order valence-corrected chi connectivity index (χ0v) is 12.5. The van der Waals surface area contributed by atoms with Gasteiger partial charge in [-0.15, -0.1) is 0 Å². The molecule has 108 valence electrons. The fourth-order valence-electron chi connectivity index (χ4n) is 2.44. The van der Waals surface area contributed by atoms with Crippen molar-refractivity contribution in [3.63, 3.8) is 0 Å². The molecule has 0 N–H and O–H groups in total. The Bertz CT molecular complexity index is 508. The van der Waals surface area contributed by atoms with Crippen molar-refractivity contribution < 1.29 is 14.3 Å². The predicted octanol–water partition coefficient (Wildman–Crippen LogP) is 4.30. The third-order valence-electron chi connectivity index (χ3n) is 3.52. The van der Waals surface area contributed by atoms with Crippen molar-refractivity contribution in [1.29, 1.82) is 0 Å². The highest BCUT2D eigenvalue weighted by atomic mass is 35.5. The Hall–Kier alpha value is -1.06. The molecule has 0 bridgehead atoms. The van der Waals surface area contributed by atoms with E-state index >= 15 is 0 Å². The maximum Gasteiger partial charge on any atom is 0.306 e. The number of carbonyl (C=O) groups is 2. The quantitative estimate of drug-likeness (QED) is 0.601. The van der Waals surface area contributed by atoms with Crippen molar-refractivity contribution in [3.05, 3.63) is 33.8 Å². The van der Waals surface area contributed by atoms with Gasteiger partial charge in [0.1, 0.15) is 0 Å². The lowest BCUT2D eigenvalue weighted by molar-refractivity contribution is -0.143. The van der Waals surface area contributed by atoms with Crippen molar-refractivity contribution in [2.24, 2.45) is 5.92 Å². The minimum atomic E-state index is -0.336. The maximum absolute atomic E-state index is 11.9. The Kier molecular flexibility index (Phi) is 5.44. The molecule has 1 saturated carbocycles. The fourth-order valence-corrected chi connectivity index (χ4v) is 2.84. The minimum absolute atomic E-state index is 0.285. The first kappa shape index (κ1) is 15.3. The van der Waals surface area contributed by atoms with E-state index in [1.54, 1.807) is 12.1 Å². The SMILES string of the molecule is O=C(CC1CCCC1)OCC(=O)c1cc(Cl)ccc1Cl. The van der Waals surface area contributed by atoms with Crippen LogP contribution < -0.4 is 0 Å². The fraction of sp³-hybridized carbons (Fsp3) is 0.467. The lowest BCUT2D eigenvalue weighted by atomic mass is 10.0. The molecule has 20 heavy (non-hydrogen) atoms. The Morgan fingerprint density at radius 1 is 1.20 bits per heavy atom. The number of ketones is 1. The minimum Gasteiger partial charge on any atom is -0.457 e. The Labute approximate surface area is 128 Å². The number of Topliss-reactive ketones (excluding diaryl/α,β-unsaturated/α-hetero) is 1. The summed E-state index contributed by atoms with van der Waals surface area (Å²) in [4.78, 5) is 23.6. The van der Waals surface area contributed by atoms with Gasteiger partial charge in [-0.25, -0.2) is 0 Å². The summed E-state index contributed by atoms with van der Waals surface area (Å²) in [6.07, 6.45) is 4.90. The molecule has 1 aromatic carbocycles. The molecule has 0 spiro atoms. The van der Waals surface area contributed by atoms with Gasteiger partial charge in [-0.3, -0.25) is 9.59 Å². The highest BCUT2D eigenvalue weighted by Crippen LogP contribution is 2.27. The van der Waals surface area contributed by atoms with Gasteiger partial charge in [-0.05, 0) is 37.0 Å². The maximum atomic E-state index is 11.9. The second-order valence-corrected chi connectivity index (χ2v) is 5.91. The van der Waals surface area contributed by atoms with Crippen LogP contribution in [0.15, 0.2) is 18.2 Å². The number of halogens is 2. The van der Waals surface area contributed by atoms with E-state index in [2.05, 4.69) is 0 Å². The van der Waals surface area contributed by atoms with Gasteiger partial charge in [0, 0.05) is 17.0 Å². The van der Waals surface area contributed by atoms with Crippen molar-refractivity contribution in [2.45, 2.75) is 32.1 Å². The van der Waals surface area contributed by atoms with Crippen molar-refractivity contribution in [3.8, 4) is 0 Å². The number of ether oxygens (including phenoxy) is 1. The van der Waals surface area contributed by atoms with Crippen LogP contribution in [0.4, 0.5) is 0 Å². The lowest BCUT2D eigenvalue weighted by Crippen LogP contribution is -2.16. The molecule has 1 aromatic rings. The van der Waals surface area contributed by atoms with E-state index in [-0.39, 0.29) is 23.9 Å². The van der Waals surface area contributed by atoms with Crippen LogP contribution in [0.2, 0.25) is 10.0 Å². The van der Waals surface area contributed by atoms with Gasteiger partial charge in [-0.1, -0.05) is 36.0 Å². The molecule has 1 aliphatic rings. The molecule has 0 radical (unpaired) electrons. The molecular formula is C15H16Cl2O3. The molecule has 5 heteroatoms. The molecule has 0 amide bonds. The highest BCUT2D eigenvalue weighted by molar-refractivity contribution is 6.36. The summed E-state index contributed by atoms with van der Waals surface area (Å²) in [6.45, 7) is -0.286. The molecule has 2 rings (SSSR count). The zero-order valence-electron chi connectivity index (χ0n) is 11.0. The third kappa shape index (κ3) is 4.22. The summed E-state index contributed by atoms with van der Waals surface area (Å²) in [7, 11) is 0. The van der Waals surface area contributed by atoms with Crippen LogP contribution in [0.5, 0.6) is 0 Å². The Morgan fingerprint density at radius 3 is 2.60 bits per heavy atom. The average molecular weight is 315 g/mol. The zero-order chi connectivity index (χ0) is 14.5. The van der Waals surface area contributed by atoms with E-state index in [1.807, 2.05) is 0 Å². The van der Waals surface area contributed by atoms with Crippen LogP contribution in [0.1, 0.15) is 42.5 Å². The van der Waals surface area contributed by atoms with Gasteiger partial charge < -0.3 is 4.74 Å². The molecule has 0 unspecified atom stereocenters. The summed E-state index contributed by atoms with van der Waals surface area (Å²) < 4.78 is 5.02. The van der Waals surface area contributed by atoms with Gasteiger partial charge >= 0.3 is 5.97 Å². The lowest BCUT2D eigenvalue weighted by Gasteiger charge is -2.09. The predicted molar refractivity (Wildman–Crippen MR) is 78.3 cm³/mol. The molecule has 1 fully saturated rings. The van der Waals surface area contributed by atoms with E-state index in [1.165, 1.54) is 18.9 Å². The molecule has 1 aliphatic carbocycles. The molecule has 0 heterocycles. The summed E-state index contributed by atoms with van der Waals surface area (Å²) in [5.74, 6) is -0.243. The average Bonchev–Trinajstić information content (AvgIpc) is 2.91. The Morgan fingerprint density at radius 2 is 1.90 bits per heavy atom. The molecule has 3 nitrogen and oxygen atoms in total. The van der Waals surface area contributed by atoms with E-state index in [9.17, 15) is 9.59 Å². The monoisotopic (exact) mass is 314 g/mol. The number of benzene rings is 1. The van der Waals surface area contributed by atoms with Gasteiger partial charge in [0.05, 0.1) is 5.02 Å². The van der Waals surface area contributed by atoms with Crippen molar-refractivity contribution >= 4 is 35.0 Å². The Balaban J connectivity index is 1.85. The van der Waals surface area contributed by atoms with Gasteiger partial charge in [0.15, 0.2) is 6.61 Å².